The van der Waals surface area contributed by atoms with E-state index in [1.807, 2.05) is 6.07 Å². The summed E-state index contributed by atoms with van der Waals surface area (Å²) in [6.07, 6.45) is 1.61. The zero-order valence-electron chi connectivity index (χ0n) is 6.13. The minimum absolute atomic E-state index is 0.241. The molecule has 2 nitrogen and oxygen atoms in total. The van der Waals surface area contributed by atoms with Crippen LogP contribution in [0.1, 0.15) is 11.1 Å². The van der Waals surface area contributed by atoms with Crippen LogP contribution in [0.2, 0.25) is 0 Å². The molecule has 0 saturated carbocycles. The van der Waals surface area contributed by atoms with Crippen molar-refractivity contribution in [1.29, 1.82) is 5.26 Å². The summed E-state index contributed by atoms with van der Waals surface area (Å²) < 4.78 is 12.7. The zero-order chi connectivity index (χ0) is 8.27. The molecule has 0 aliphatic heterocycles. The Kier molecular flexibility index (Phi) is 2.17. The Morgan fingerprint density at radius 1 is 1.73 bits per heavy atom. The number of nitriles is 1. The van der Waals surface area contributed by atoms with Crippen LogP contribution in [0.4, 0.5) is 4.39 Å². The van der Waals surface area contributed by atoms with Gasteiger partial charge in [0.2, 0.25) is 5.95 Å². The second kappa shape index (κ2) is 3.11. The smallest absolute Gasteiger partial charge is 0.216 e. The molecular weight excluding hydrogens is 143 g/mol. The first-order chi connectivity index (χ1) is 5.25. The van der Waals surface area contributed by atoms with E-state index in [0.717, 1.165) is 0 Å². The van der Waals surface area contributed by atoms with Crippen molar-refractivity contribution in [2.75, 3.05) is 0 Å². The highest BCUT2D eigenvalue weighted by Gasteiger charge is 2.02. The molecule has 11 heavy (non-hydrogen) atoms. The van der Waals surface area contributed by atoms with Crippen molar-refractivity contribution in [3.63, 3.8) is 0 Å². The van der Waals surface area contributed by atoms with Crippen molar-refractivity contribution >= 4 is 0 Å². The summed E-state index contributed by atoms with van der Waals surface area (Å²) in [5, 5.41) is 8.34. The molecule has 1 aromatic rings. The van der Waals surface area contributed by atoms with Gasteiger partial charge in [-0.2, -0.15) is 9.65 Å². The lowest BCUT2D eigenvalue weighted by Gasteiger charge is -1.99. The van der Waals surface area contributed by atoms with Crippen LogP contribution in [0, 0.1) is 24.2 Å². The topological polar surface area (TPSA) is 36.7 Å². The number of hydrogen-bond acceptors (Lipinski definition) is 2. The van der Waals surface area contributed by atoms with Crippen LogP contribution in [0.15, 0.2) is 12.3 Å². The van der Waals surface area contributed by atoms with Gasteiger partial charge in [-0.25, -0.2) is 4.98 Å². The van der Waals surface area contributed by atoms with Crippen molar-refractivity contribution in [2.45, 2.75) is 13.3 Å². The number of pyridine rings is 1. The first-order valence-electron chi connectivity index (χ1n) is 3.22. The second-order valence-electron chi connectivity index (χ2n) is 2.22. The van der Waals surface area contributed by atoms with E-state index < -0.39 is 5.95 Å². The summed E-state index contributed by atoms with van der Waals surface area (Å²) in [6.45, 7) is 1.62. The highest BCUT2D eigenvalue weighted by molar-refractivity contribution is 5.25. The third-order valence-electron chi connectivity index (χ3n) is 1.52. The fourth-order valence-electron chi connectivity index (χ4n) is 0.824. The van der Waals surface area contributed by atoms with Crippen LogP contribution in [-0.2, 0) is 6.42 Å². The van der Waals surface area contributed by atoms with Gasteiger partial charge in [0.25, 0.3) is 0 Å². The molecule has 0 fully saturated rings. The van der Waals surface area contributed by atoms with Gasteiger partial charge >= 0.3 is 0 Å². The zero-order valence-corrected chi connectivity index (χ0v) is 6.13. The summed E-state index contributed by atoms with van der Waals surface area (Å²) >= 11 is 0. The molecule has 1 heterocycles. The Bertz CT molecular complexity index is 301. The van der Waals surface area contributed by atoms with E-state index in [1.54, 1.807) is 13.0 Å². The average Bonchev–Trinajstić information content (AvgIpc) is 1.99. The molecule has 0 atom stereocenters. The quantitative estimate of drug-likeness (QED) is 0.570. The predicted octanol–water partition coefficient (Wildman–Crippen LogP) is 1.60. The summed E-state index contributed by atoms with van der Waals surface area (Å²) in [7, 11) is 0. The van der Waals surface area contributed by atoms with Crippen LogP contribution in [0.5, 0.6) is 0 Å². The van der Waals surface area contributed by atoms with Crippen molar-refractivity contribution in [3.8, 4) is 6.07 Å². The molecule has 0 spiro atoms. The fourth-order valence-corrected chi connectivity index (χ4v) is 0.824. The minimum Gasteiger partial charge on any atom is -0.228 e. The number of hydrogen-bond donors (Lipinski definition) is 0. The fraction of sp³-hybridized carbons (Fsp3) is 0.250. The van der Waals surface area contributed by atoms with Crippen LogP contribution in [0.25, 0.3) is 0 Å². The van der Waals surface area contributed by atoms with Gasteiger partial charge < -0.3 is 0 Å². The molecule has 0 radical (unpaired) electrons. The molecule has 1 rings (SSSR count). The lowest BCUT2D eigenvalue weighted by atomic mass is 10.1. The van der Waals surface area contributed by atoms with E-state index in [-0.39, 0.29) is 6.42 Å². The highest BCUT2D eigenvalue weighted by Crippen LogP contribution is 2.09. The maximum absolute atomic E-state index is 12.7. The molecule has 0 aromatic carbocycles. The molecule has 0 N–H and O–H groups in total. The van der Waals surface area contributed by atoms with Gasteiger partial charge in [0.15, 0.2) is 0 Å². The Hall–Kier alpha value is -1.43. The molecule has 0 unspecified atom stereocenters. The van der Waals surface area contributed by atoms with Gasteiger partial charge in [-0.05, 0) is 18.6 Å². The van der Waals surface area contributed by atoms with E-state index in [1.165, 1.54) is 6.20 Å². The summed E-state index contributed by atoms with van der Waals surface area (Å²) in [6, 6.07) is 3.61. The molecule has 56 valence electrons. The molecular formula is C8H7FN2. The SMILES string of the molecule is Cc1c(CC#N)ccnc1F. The Balaban J connectivity index is 3.08. The maximum atomic E-state index is 12.7. The predicted molar refractivity (Wildman–Crippen MR) is 38.2 cm³/mol. The van der Waals surface area contributed by atoms with Gasteiger partial charge in [0.05, 0.1) is 12.5 Å². The van der Waals surface area contributed by atoms with Crippen molar-refractivity contribution in [1.82, 2.24) is 4.98 Å². The maximum Gasteiger partial charge on any atom is 0.216 e. The minimum atomic E-state index is -0.488. The first kappa shape index (κ1) is 7.67. The lowest BCUT2D eigenvalue weighted by molar-refractivity contribution is 0.572. The first-order valence-corrected chi connectivity index (χ1v) is 3.22. The third kappa shape index (κ3) is 1.53. The van der Waals surface area contributed by atoms with Crippen LogP contribution in [-0.4, -0.2) is 4.98 Å². The van der Waals surface area contributed by atoms with Gasteiger partial charge in [-0.15, -0.1) is 0 Å². The molecule has 1 aromatic heterocycles. The second-order valence-corrected chi connectivity index (χ2v) is 2.22. The number of rotatable bonds is 1. The standard InChI is InChI=1S/C8H7FN2/c1-6-7(2-4-10)3-5-11-8(6)9/h3,5H,2H2,1H3. The molecule has 0 bridgehead atoms. The molecule has 3 heteroatoms. The highest BCUT2D eigenvalue weighted by atomic mass is 19.1. The monoisotopic (exact) mass is 150 g/mol. The third-order valence-corrected chi connectivity index (χ3v) is 1.52. The Labute approximate surface area is 64.3 Å². The molecule has 0 amide bonds. The van der Waals surface area contributed by atoms with Crippen molar-refractivity contribution in [3.05, 3.63) is 29.3 Å². The summed E-state index contributed by atoms with van der Waals surface area (Å²) in [5.74, 6) is -0.488. The van der Waals surface area contributed by atoms with E-state index >= 15 is 0 Å². The van der Waals surface area contributed by atoms with E-state index in [0.29, 0.717) is 11.1 Å². The van der Waals surface area contributed by atoms with Gasteiger partial charge in [-0.3, -0.25) is 0 Å². The Morgan fingerprint density at radius 3 is 3.09 bits per heavy atom. The van der Waals surface area contributed by atoms with Crippen LogP contribution < -0.4 is 0 Å². The normalized spacial score (nSPS) is 9.18. The number of halogens is 1. The Morgan fingerprint density at radius 2 is 2.45 bits per heavy atom. The van der Waals surface area contributed by atoms with Crippen LogP contribution >= 0.6 is 0 Å². The van der Waals surface area contributed by atoms with Gasteiger partial charge in [0, 0.05) is 11.8 Å². The van der Waals surface area contributed by atoms with Gasteiger partial charge in [0.1, 0.15) is 0 Å². The molecule has 0 aliphatic carbocycles. The molecule has 0 aliphatic rings. The number of nitrogens with zero attached hydrogens (tertiary/aromatic N) is 2. The van der Waals surface area contributed by atoms with Crippen LogP contribution in [0.3, 0.4) is 0 Å². The average molecular weight is 150 g/mol. The summed E-state index contributed by atoms with van der Waals surface area (Å²) in [4.78, 5) is 3.45. The molecule has 0 saturated heterocycles. The number of aromatic nitrogens is 1. The van der Waals surface area contributed by atoms with E-state index in [4.69, 9.17) is 5.26 Å². The van der Waals surface area contributed by atoms with Crippen molar-refractivity contribution in [2.24, 2.45) is 0 Å². The summed E-state index contributed by atoms with van der Waals surface area (Å²) in [5.41, 5.74) is 1.18. The van der Waals surface area contributed by atoms with E-state index in [2.05, 4.69) is 4.98 Å². The van der Waals surface area contributed by atoms with Crippen molar-refractivity contribution < 1.29 is 4.39 Å². The van der Waals surface area contributed by atoms with E-state index in [9.17, 15) is 4.39 Å². The largest absolute Gasteiger partial charge is 0.228 e. The van der Waals surface area contributed by atoms with Gasteiger partial charge in [-0.1, -0.05) is 0 Å². The lowest BCUT2D eigenvalue weighted by Crippen LogP contribution is -1.93.